The van der Waals surface area contributed by atoms with Gasteiger partial charge in [0, 0.05) is 28.4 Å². The lowest BCUT2D eigenvalue weighted by Crippen LogP contribution is -1.98. The van der Waals surface area contributed by atoms with Crippen LogP contribution in [0.1, 0.15) is 5.56 Å². The van der Waals surface area contributed by atoms with Gasteiger partial charge in [-0.1, -0.05) is 0 Å². The van der Waals surface area contributed by atoms with Crippen molar-refractivity contribution in [2.75, 3.05) is 11.5 Å². The van der Waals surface area contributed by atoms with E-state index in [9.17, 15) is 0 Å². The van der Waals surface area contributed by atoms with E-state index in [0.717, 1.165) is 27.4 Å². The summed E-state index contributed by atoms with van der Waals surface area (Å²) < 4.78 is 0. The molecule has 15 heavy (non-hydrogen) atoms. The van der Waals surface area contributed by atoms with Crippen molar-refractivity contribution in [3.63, 3.8) is 0 Å². The van der Waals surface area contributed by atoms with E-state index in [2.05, 4.69) is 0 Å². The molecule has 0 fully saturated rings. The summed E-state index contributed by atoms with van der Waals surface area (Å²) in [5.41, 5.74) is 20.9. The van der Waals surface area contributed by atoms with E-state index in [-0.39, 0.29) is 0 Å². The first-order valence-corrected chi connectivity index (χ1v) is 5.52. The van der Waals surface area contributed by atoms with Gasteiger partial charge in [-0.15, -0.1) is 11.3 Å². The van der Waals surface area contributed by atoms with Crippen molar-refractivity contribution >= 4 is 22.7 Å². The van der Waals surface area contributed by atoms with Crippen molar-refractivity contribution < 1.29 is 0 Å². The van der Waals surface area contributed by atoms with E-state index < -0.39 is 0 Å². The van der Waals surface area contributed by atoms with Crippen LogP contribution in [-0.2, 0) is 6.54 Å². The molecule has 1 heterocycles. The lowest BCUT2D eigenvalue weighted by molar-refractivity contribution is 1.08. The molecule has 0 aliphatic carbocycles. The zero-order valence-corrected chi connectivity index (χ0v) is 9.05. The number of nitrogens with two attached hydrogens (primary N) is 3. The van der Waals surface area contributed by atoms with Crippen molar-refractivity contribution in [3.8, 4) is 10.4 Å². The number of rotatable bonds is 2. The molecule has 0 atom stereocenters. The lowest BCUT2D eigenvalue weighted by atomic mass is 10.1. The summed E-state index contributed by atoms with van der Waals surface area (Å²) in [4.78, 5) is 1.11. The molecule has 1 aromatic carbocycles. The summed E-state index contributed by atoms with van der Waals surface area (Å²) in [7, 11) is 0. The molecular formula is C11H13N3S. The second kappa shape index (κ2) is 3.92. The van der Waals surface area contributed by atoms with Gasteiger partial charge in [0.05, 0.1) is 0 Å². The van der Waals surface area contributed by atoms with Crippen LogP contribution in [0.25, 0.3) is 10.4 Å². The standard InChI is InChI=1S/C11H13N3S/c12-6-7-3-4-15-11(7)9-5-8(13)1-2-10(9)14/h1-5H,6,12-14H2. The number of nitrogen functional groups attached to an aromatic ring is 2. The first kappa shape index (κ1) is 10.0. The summed E-state index contributed by atoms with van der Waals surface area (Å²) in [5, 5.41) is 2.01. The quantitative estimate of drug-likeness (QED) is 0.676. The minimum absolute atomic E-state index is 0.521. The van der Waals surface area contributed by atoms with E-state index in [4.69, 9.17) is 17.2 Å². The molecule has 1 aromatic heterocycles. The van der Waals surface area contributed by atoms with Crippen molar-refractivity contribution in [2.24, 2.45) is 5.73 Å². The maximum absolute atomic E-state index is 5.91. The number of hydrogen-bond acceptors (Lipinski definition) is 4. The first-order valence-electron chi connectivity index (χ1n) is 4.64. The van der Waals surface area contributed by atoms with E-state index in [1.807, 2.05) is 23.6 Å². The fourth-order valence-electron chi connectivity index (χ4n) is 1.50. The minimum Gasteiger partial charge on any atom is -0.399 e. The highest BCUT2D eigenvalue weighted by Crippen LogP contribution is 2.34. The molecule has 2 aromatic rings. The molecule has 0 aliphatic rings. The molecule has 6 N–H and O–H groups in total. The minimum atomic E-state index is 0.521. The number of anilines is 2. The Hall–Kier alpha value is -1.52. The van der Waals surface area contributed by atoms with E-state index in [1.54, 1.807) is 17.4 Å². The third-order valence-electron chi connectivity index (χ3n) is 2.29. The van der Waals surface area contributed by atoms with Crippen LogP contribution in [-0.4, -0.2) is 0 Å². The monoisotopic (exact) mass is 219 g/mol. The molecule has 0 saturated carbocycles. The molecule has 2 rings (SSSR count). The normalized spacial score (nSPS) is 10.5. The third-order valence-corrected chi connectivity index (χ3v) is 3.28. The smallest absolute Gasteiger partial charge is 0.0409 e. The average Bonchev–Trinajstić information content (AvgIpc) is 2.69. The first-order chi connectivity index (χ1) is 7.22. The van der Waals surface area contributed by atoms with Crippen LogP contribution in [0.5, 0.6) is 0 Å². The molecule has 0 bridgehead atoms. The topological polar surface area (TPSA) is 78.1 Å². The van der Waals surface area contributed by atoms with Gasteiger partial charge in [0.2, 0.25) is 0 Å². The largest absolute Gasteiger partial charge is 0.399 e. The number of hydrogen-bond donors (Lipinski definition) is 3. The number of thiophene rings is 1. The molecule has 0 unspecified atom stereocenters. The predicted molar refractivity (Wildman–Crippen MR) is 66.5 cm³/mol. The summed E-state index contributed by atoms with van der Waals surface area (Å²) in [6, 6.07) is 7.53. The Bertz CT molecular complexity index is 476. The fourth-order valence-corrected chi connectivity index (χ4v) is 2.48. The van der Waals surface area contributed by atoms with Crippen LogP contribution in [0.15, 0.2) is 29.6 Å². The zero-order chi connectivity index (χ0) is 10.8. The maximum Gasteiger partial charge on any atom is 0.0409 e. The van der Waals surface area contributed by atoms with Crippen LogP contribution in [0.2, 0.25) is 0 Å². The van der Waals surface area contributed by atoms with Gasteiger partial charge in [0.25, 0.3) is 0 Å². The van der Waals surface area contributed by atoms with Gasteiger partial charge < -0.3 is 17.2 Å². The third kappa shape index (κ3) is 1.82. The maximum atomic E-state index is 5.91. The van der Waals surface area contributed by atoms with E-state index >= 15 is 0 Å². The Balaban J connectivity index is 2.58. The van der Waals surface area contributed by atoms with Gasteiger partial charge >= 0.3 is 0 Å². The molecule has 78 valence electrons. The van der Waals surface area contributed by atoms with Crippen LogP contribution in [0.4, 0.5) is 11.4 Å². The molecule has 0 spiro atoms. The fraction of sp³-hybridized carbons (Fsp3) is 0.0909. The molecule has 3 nitrogen and oxygen atoms in total. The Kier molecular flexibility index (Phi) is 2.62. The highest BCUT2D eigenvalue weighted by molar-refractivity contribution is 7.13. The van der Waals surface area contributed by atoms with E-state index in [0.29, 0.717) is 6.54 Å². The van der Waals surface area contributed by atoms with Crippen molar-refractivity contribution in [1.82, 2.24) is 0 Å². The summed E-state index contributed by atoms with van der Waals surface area (Å²) in [5.74, 6) is 0. The summed E-state index contributed by atoms with van der Waals surface area (Å²) >= 11 is 1.63. The van der Waals surface area contributed by atoms with Gasteiger partial charge in [-0.2, -0.15) is 0 Å². The van der Waals surface area contributed by atoms with Crippen molar-refractivity contribution in [3.05, 3.63) is 35.2 Å². The lowest BCUT2D eigenvalue weighted by Gasteiger charge is -2.06. The number of benzene rings is 1. The Morgan fingerprint density at radius 2 is 1.93 bits per heavy atom. The van der Waals surface area contributed by atoms with E-state index in [1.165, 1.54) is 0 Å². The Morgan fingerprint density at radius 3 is 2.67 bits per heavy atom. The van der Waals surface area contributed by atoms with Crippen LogP contribution < -0.4 is 17.2 Å². The molecule has 0 amide bonds. The van der Waals surface area contributed by atoms with Crippen LogP contribution in [0.3, 0.4) is 0 Å². The highest BCUT2D eigenvalue weighted by atomic mass is 32.1. The van der Waals surface area contributed by atoms with Gasteiger partial charge in [-0.3, -0.25) is 0 Å². The predicted octanol–water partition coefficient (Wildman–Crippen LogP) is 2.04. The zero-order valence-electron chi connectivity index (χ0n) is 8.23. The second-order valence-electron chi connectivity index (χ2n) is 3.33. The molecule has 4 heteroatoms. The van der Waals surface area contributed by atoms with Crippen molar-refractivity contribution in [2.45, 2.75) is 6.54 Å². The van der Waals surface area contributed by atoms with Gasteiger partial charge in [0.15, 0.2) is 0 Å². The van der Waals surface area contributed by atoms with Crippen molar-refractivity contribution in [1.29, 1.82) is 0 Å². The second-order valence-corrected chi connectivity index (χ2v) is 4.24. The molecular weight excluding hydrogens is 206 g/mol. The van der Waals surface area contributed by atoms with Crippen LogP contribution >= 0.6 is 11.3 Å². The van der Waals surface area contributed by atoms with Crippen LogP contribution in [0, 0.1) is 0 Å². The van der Waals surface area contributed by atoms with Gasteiger partial charge in [-0.25, -0.2) is 0 Å². The van der Waals surface area contributed by atoms with Gasteiger partial charge in [0.1, 0.15) is 0 Å². The summed E-state index contributed by atoms with van der Waals surface area (Å²) in [6.07, 6.45) is 0. The summed E-state index contributed by atoms with van der Waals surface area (Å²) in [6.45, 7) is 0.521. The molecule has 0 saturated heterocycles. The Morgan fingerprint density at radius 1 is 1.13 bits per heavy atom. The molecule has 0 radical (unpaired) electrons. The highest BCUT2D eigenvalue weighted by Gasteiger charge is 2.08. The SMILES string of the molecule is NCc1ccsc1-c1cc(N)ccc1N. The Labute approximate surface area is 92.5 Å². The average molecular weight is 219 g/mol. The molecule has 0 aliphatic heterocycles. The van der Waals surface area contributed by atoms with Gasteiger partial charge in [-0.05, 0) is 35.2 Å².